The predicted octanol–water partition coefficient (Wildman–Crippen LogP) is 4.27. The fourth-order valence-electron chi connectivity index (χ4n) is 2.52. The number of amides is 1. The molecule has 1 N–H and O–H groups in total. The van der Waals surface area contributed by atoms with Crippen LogP contribution in [0, 0.1) is 12.3 Å². The minimum absolute atomic E-state index is 0.144. The highest BCUT2D eigenvalue weighted by Gasteiger charge is 2.09. The van der Waals surface area contributed by atoms with Gasteiger partial charge in [-0.25, -0.2) is 5.43 Å². The Bertz CT molecular complexity index is 1020. The number of hydrazone groups is 1. The molecule has 128 valence electrons. The zero-order valence-corrected chi connectivity index (χ0v) is 14.5. The van der Waals surface area contributed by atoms with Crippen LogP contribution in [-0.2, 0) is 0 Å². The molecule has 0 fully saturated rings. The molecule has 3 rings (SSSR count). The lowest BCUT2D eigenvalue weighted by Crippen LogP contribution is -2.18. The van der Waals surface area contributed by atoms with Crippen molar-refractivity contribution >= 4 is 34.5 Å². The third-order valence-corrected chi connectivity index (χ3v) is 4.05. The lowest BCUT2D eigenvalue weighted by atomic mass is 10.0. The first-order valence-corrected chi connectivity index (χ1v) is 8.24. The van der Waals surface area contributed by atoms with Crippen molar-refractivity contribution in [3.05, 3.63) is 76.8 Å². The maximum atomic E-state index is 12.2. The molecule has 1 amide bonds. The molecule has 0 aliphatic rings. The molecule has 5 heteroatoms. The Morgan fingerprint density at radius 3 is 2.73 bits per heavy atom. The summed E-state index contributed by atoms with van der Waals surface area (Å²) in [5, 5.41) is 6.40. The lowest BCUT2D eigenvalue weighted by molar-refractivity contribution is 0.0955. The number of nitrogens with one attached hydrogen (secondary N) is 1. The van der Waals surface area contributed by atoms with Gasteiger partial charge in [0.15, 0.2) is 0 Å². The molecule has 0 heterocycles. The number of nitrogens with zero attached hydrogens (tertiary/aromatic N) is 1. The number of rotatable bonds is 5. The zero-order chi connectivity index (χ0) is 18.4. The molecule has 3 aromatic carbocycles. The first-order chi connectivity index (χ1) is 12.7. The second kappa shape index (κ2) is 8.19. The number of terminal acetylenes is 1. The van der Waals surface area contributed by atoms with Crippen LogP contribution < -0.4 is 10.2 Å². The van der Waals surface area contributed by atoms with Crippen molar-refractivity contribution < 1.29 is 9.53 Å². The van der Waals surface area contributed by atoms with Crippen LogP contribution in [0.3, 0.4) is 0 Å². The number of halogens is 1. The number of hydrogen-bond acceptors (Lipinski definition) is 3. The molecule has 0 saturated heterocycles. The molecule has 0 saturated carbocycles. The van der Waals surface area contributed by atoms with Crippen LogP contribution in [0.1, 0.15) is 15.9 Å². The number of benzene rings is 3. The second-order valence-corrected chi connectivity index (χ2v) is 5.78. The Kier molecular flexibility index (Phi) is 5.52. The fourth-order valence-corrected chi connectivity index (χ4v) is 2.74. The standard InChI is InChI=1S/C21H15ClN2O2/c1-2-13-26-20-12-11-15-7-3-4-8-16(15)18(20)14-23-24-21(25)17-9-5-6-10-19(17)22/h1,3-12,14H,13H2,(H,24,25)/b23-14-. The third kappa shape index (κ3) is 3.85. The molecule has 0 aliphatic carbocycles. The molecule has 0 atom stereocenters. The Labute approximate surface area is 156 Å². The van der Waals surface area contributed by atoms with Gasteiger partial charge >= 0.3 is 0 Å². The largest absolute Gasteiger partial charge is 0.480 e. The van der Waals surface area contributed by atoms with Crippen LogP contribution in [0.25, 0.3) is 10.8 Å². The highest BCUT2D eigenvalue weighted by Crippen LogP contribution is 2.26. The SMILES string of the molecule is C#CCOc1ccc2ccccc2c1/C=N\NC(=O)c1ccccc1Cl. The predicted molar refractivity (Wildman–Crippen MR) is 105 cm³/mol. The lowest BCUT2D eigenvalue weighted by Gasteiger charge is -2.10. The Hall–Kier alpha value is -3.29. The summed E-state index contributed by atoms with van der Waals surface area (Å²) < 4.78 is 5.59. The van der Waals surface area contributed by atoms with E-state index in [2.05, 4.69) is 16.4 Å². The highest BCUT2D eigenvalue weighted by molar-refractivity contribution is 6.33. The molecule has 4 nitrogen and oxygen atoms in total. The topological polar surface area (TPSA) is 50.7 Å². The Balaban J connectivity index is 1.89. The van der Waals surface area contributed by atoms with Gasteiger partial charge in [-0.2, -0.15) is 5.10 Å². The average Bonchev–Trinajstić information content (AvgIpc) is 2.67. The van der Waals surface area contributed by atoms with Crippen molar-refractivity contribution in [3.63, 3.8) is 0 Å². The van der Waals surface area contributed by atoms with Gasteiger partial charge in [-0.05, 0) is 29.0 Å². The summed E-state index contributed by atoms with van der Waals surface area (Å²) in [5.41, 5.74) is 3.58. The highest BCUT2D eigenvalue weighted by atomic mass is 35.5. The van der Waals surface area contributed by atoms with Gasteiger partial charge in [-0.1, -0.05) is 60.0 Å². The summed E-state index contributed by atoms with van der Waals surface area (Å²) in [4.78, 5) is 12.2. The van der Waals surface area contributed by atoms with E-state index in [4.69, 9.17) is 22.8 Å². The molecular formula is C21H15ClN2O2. The van der Waals surface area contributed by atoms with Crippen molar-refractivity contribution in [2.24, 2.45) is 5.10 Å². The van der Waals surface area contributed by atoms with Crippen LogP contribution in [0.4, 0.5) is 0 Å². The summed E-state index contributed by atoms with van der Waals surface area (Å²) >= 11 is 6.02. The van der Waals surface area contributed by atoms with E-state index in [1.807, 2.05) is 36.4 Å². The number of fused-ring (bicyclic) bond motifs is 1. The second-order valence-electron chi connectivity index (χ2n) is 5.37. The first-order valence-electron chi connectivity index (χ1n) is 7.86. The van der Waals surface area contributed by atoms with E-state index < -0.39 is 5.91 Å². The van der Waals surface area contributed by atoms with Crippen molar-refractivity contribution in [2.75, 3.05) is 6.61 Å². The minimum atomic E-state index is -0.391. The number of carbonyl (C=O) groups excluding carboxylic acids is 1. The Morgan fingerprint density at radius 2 is 1.92 bits per heavy atom. The monoisotopic (exact) mass is 362 g/mol. The summed E-state index contributed by atoms with van der Waals surface area (Å²) in [5.74, 6) is 2.65. The first kappa shape index (κ1) is 17.5. The third-order valence-electron chi connectivity index (χ3n) is 3.72. The van der Waals surface area contributed by atoms with E-state index in [1.54, 1.807) is 30.5 Å². The summed E-state index contributed by atoms with van der Waals surface area (Å²) in [6, 6.07) is 18.4. The van der Waals surface area contributed by atoms with Crippen LogP contribution in [-0.4, -0.2) is 18.7 Å². The van der Waals surface area contributed by atoms with Crippen molar-refractivity contribution in [3.8, 4) is 18.1 Å². The molecule has 26 heavy (non-hydrogen) atoms. The van der Waals surface area contributed by atoms with Gasteiger partial charge < -0.3 is 4.74 Å². The quantitative estimate of drug-likeness (QED) is 0.418. The van der Waals surface area contributed by atoms with Crippen LogP contribution >= 0.6 is 11.6 Å². The summed E-state index contributed by atoms with van der Waals surface area (Å²) in [6.45, 7) is 0.144. The average molecular weight is 363 g/mol. The number of hydrogen-bond donors (Lipinski definition) is 1. The molecule has 0 spiro atoms. The normalized spacial score (nSPS) is 10.6. The number of carbonyl (C=O) groups is 1. The van der Waals surface area contributed by atoms with Gasteiger partial charge in [-0.15, -0.1) is 6.42 Å². The van der Waals surface area contributed by atoms with Gasteiger partial charge in [0, 0.05) is 5.56 Å². The van der Waals surface area contributed by atoms with E-state index in [0.29, 0.717) is 16.3 Å². The molecule has 0 aromatic heterocycles. The van der Waals surface area contributed by atoms with Gasteiger partial charge in [-0.3, -0.25) is 4.79 Å². The van der Waals surface area contributed by atoms with E-state index >= 15 is 0 Å². The fraction of sp³-hybridized carbons (Fsp3) is 0.0476. The van der Waals surface area contributed by atoms with Crippen molar-refractivity contribution in [2.45, 2.75) is 0 Å². The smallest absolute Gasteiger partial charge is 0.272 e. The maximum Gasteiger partial charge on any atom is 0.272 e. The van der Waals surface area contributed by atoms with E-state index in [0.717, 1.165) is 16.3 Å². The van der Waals surface area contributed by atoms with E-state index in [-0.39, 0.29) is 6.61 Å². The van der Waals surface area contributed by atoms with Gasteiger partial charge in [0.05, 0.1) is 16.8 Å². The van der Waals surface area contributed by atoms with Crippen LogP contribution in [0.15, 0.2) is 65.8 Å². The Morgan fingerprint density at radius 1 is 1.15 bits per heavy atom. The molecule has 0 unspecified atom stereocenters. The van der Waals surface area contributed by atoms with Crippen molar-refractivity contribution in [1.82, 2.24) is 5.43 Å². The summed E-state index contributed by atoms with van der Waals surface area (Å²) in [6.07, 6.45) is 6.82. The molecular weight excluding hydrogens is 348 g/mol. The van der Waals surface area contributed by atoms with E-state index in [9.17, 15) is 4.79 Å². The zero-order valence-electron chi connectivity index (χ0n) is 13.8. The molecule has 0 bridgehead atoms. The summed E-state index contributed by atoms with van der Waals surface area (Å²) in [7, 11) is 0. The van der Waals surface area contributed by atoms with Gasteiger partial charge in [0.2, 0.25) is 0 Å². The van der Waals surface area contributed by atoms with Gasteiger partial charge in [0.25, 0.3) is 5.91 Å². The van der Waals surface area contributed by atoms with E-state index in [1.165, 1.54) is 0 Å². The molecule has 0 radical (unpaired) electrons. The minimum Gasteiger partial charge on any atom is -0.480 e. The van der Waals surface area contributed by atoms with Crippen LogP contribution in [0.2, 0.25) is 5.02 Å². The molecule has 0 aliphatic heterocycles. The van der Waals surface area contributed by atoms with Crippen LogP contribution in [0.5, 0.6) is 5.75 Å². The maximum absolute atomic E-state index is 12.2. The van der Waals surface area contributed by atoms with Crippen molar-refractivity contribution in [1.29, 1.82) is 0 Å². The number of ether oxygens (including phenoxy) is 1. The molecule has 3 aromatic rings. The van der Waals surface area contributed by atoms with Gasteiger partial charge in [0.1, 0.15) is 12.4 Å².